The number of nitrogens with one attached hydrogen (secondary N) is 1. The molecule has 0 radical (unpaired) electrons. The second kappa shape index (κ2) is 10.8. The molecule has 2 aliphatic rings. The Bertz CT molecular complexity index is 682. The van der Waals surface area contributed by atoms with Gasteiger partial charge in [-0.25, -0.2) is 4.79 Å². The summed E-state index contributed by atoms with van der Waals surface area (Å²) in [5.74, 6) is 0.760. The smallest absolute Gasteiger partial charge is 0.321 e. The third-order valence-corrected chi connectivity index (χ3v) is 6.62. The quantitative estimate of drug-likeness (QED) is 0.775. The van der Waals surface area contributed by atoms with Gasteiger partial charge in [-0.05, 0) is 51.4 Å². The van der Waals surface area contributed by atoms with Crippen molar-refractivity contribution in [1.82, 2.24) is 19.6 Å². The zero-order chi connectivity index (χ0) is 21.5. The number of benzene rings is 1. The summed E-state index contributed by atoms with van der Waals surface area (Å²) in [5.41, 5.74) is 0.830. The van der Waals surface area contributed by atoms with Gasteiger partial charge in [0.2, 0.25) is 5.91 Å². The van der Waals surface area contributed by atoms with E-state index in [0.717, 1.165) is 70.9 Å². The van der Waals surface area contributed by atoms with Crippen LogP contribution in [0.15, 0.2) is 30.3 Å². The lowest BCUT2D eigenvalue weighted by atomic mass is 9.96. The second-order valence-corrected chi connectivity index (χ2v) is 8.60. The van der Waals surface area contributed by atoms with Crippen LogP contribution in [0.2, 0.25) is 0 Å². The maximum Gasteiger partial charge on any atom is 0.321 e. The number of carbonyl (C=O) groups is 2. The zero-order valence-electron chi connectivity index (χ0n) is 18.7. The van der Waals surface area contributed by atoms with E-state index in [1.54, 1.807) is 0 Å². The molecule has 0 aromatic heterocycles. The summed E-state index contributed by atoms with van der Waals surface area (Å²) in [5, 5.41) is 2.97. The Balaban J connectivity index is 1.40. The van der Waals surface area contributed by atoms with Gasteiger partial charge in [0, 0.05) is 51.5 Å². The molecule has 0 spiro atoms. The first kappa shape index (κ1) is 22.6. The predicted octanol–water partition coefficient (Wildman–Crippen LogP) is 2.41. The van der Waals surface area contributed by atoms with Crippen molar-refractivity contribution in [3.05, 3.63) is 30.3 Å². The molecule has 2 heterocycles. The van der Waals surface area contributed by atoms with Crippen LogP contribution in [-0.4, -0.2) is 97.0 Å². The molecule has 2 aliphatic heterocycles. The molecule has 0 aliphatic carbocycles. The van der Waals surface area contributed by atoms with E-state index in [9.17, 15) is 9.59 Å². The van der Waals surface area contributed by atoms with Crippen LogP contribution in [0.5, 0.6) is 0 Å². The minimum absolute atomic E-state index is 0.0252. The van der Waals surface area contributed by atoms with E-state index in [1.165, 1.54) is 0 Å². The number of urea groups is 1. The van der Waals surface area contributed by atoms with Crippen LogP contribution in [0, 0.1) is 5.92 Å². The molecule has 3 rings (SSSR count). The summed E-state index contributed by atoms with van der Waals surface area (Å²) in [6.07, 6.45) is 1.95. The lowest BCUT2D eigenvalue weighted by molar-refractivity contribution is -0.138. The number of anilines is 1. The highest BCUT2D eigenvalue weighted by atomic mass is 16.2. The van der Waals surface area contributed by atoms with E-state index < -0.39 is 0 Å². The van der Waals surface area contributed by atoms with Gasteiger partial charge in [-0.15, -0.1) is 0 Å². The molecular weight excluding hydrogens is 378 g/mol. The number of piperazine rings is 1. The van der Waals surface area contributed by atoms with Crippen LogP contribution in [0.4, 0.5) is 10.5 Å². The third kappa shape index (κ3) is 5.95. The molecule has 7 heteroatoms. The van der Waals surface area contributed by atoms with Crippen LogP contribution in [0.3, 0.4) is 0 Å². The summed E-state index contributed by atoms with van der Waals surface area (Å²) in [7, 11) is 2.05. The molecule has 0 bridgehead atoms. The fourth-order valence-corrected chi connectivity index (χ4v) is 4.35. The summed E-state index contributed by atoms with van der Waals surface area (Å²) < 4.78 is 0. The van der Waals surface area contributed by atoms with Crippen molar-refractivity contribution in [2.24, 2.45) is 5.92 Å². The minimum atomic E-state index is -0.0995. The van der Waals surface area contributed by atoms with Crippen LogP contribution in [0.1, 0.15) is 26.7 Å². The number of carbonyl (C=O) groups excluding carboxylic acids is 2. The van der Waals surface area contributed by atoms with E-state index >= 15 is 0 Å². The molecule has 1 N–H and O–H groups in total. The van der Waals surface area contributed by atoms with Crippen LogP contribution >= 0.6 is 0 Å². The Morgan fingerprint density at radius 3 is 2.27 bits per heavy atom. The molecular formula is C23H37N5O2. The van der Waals surface area contributed by atoms with Crippen LogP contribution in [0.25, 0.3) is 0 Å². The van der Waals surface area contributed by atoms with Crippen molar-refractivity contribution in [2.45, 2.75) is 32.7 Å². The molecule has 3 amide bonds. The number of hydrogen-bond donors (Lipinski definition) is 1. The van der Waals surface area contributed by atoms with Gasteiger partial charge in [-0.2, -0.15) is 0 Å². The molecule has 7 nitrogen and oxygen atoms in total. The number of hydrogen-bond acceptors (Lipinski definition) is 4. The molecule has 1 atom stereocenters. The van der Waals surface area contributed by atoms with Crippen LogP contribution < -0.4 is 5.32 Å². The van der Waals surface area contributed by atoms with E-state index in [-0.39, 0.29) is 18.0 Å². The molecule has 0 unspecified atom stereocenters. The highest BCUT2D eigenvalue weighted by Gasteiger charge is 2.29. The molecule has 1 aromatic rings. The zero-order valence-corrected chi connectivity index (χ0v) is 18.7. The third-order valence-electron chi connectivity index (χ3n) is 6.62. The summed E-state index contributed by atoms with van der Waals surface area (Å²) >= 11 is 0. The minimum Gasteiger partial charge on any atom is -0.339 e. The number of amides is 3. The number of likely N-dealkylation sites (N-methyl/N-ethyl adjacent to an activating group) is 2. The molecule has 1 aromatic carbocycles. The van der Waals surface area contributed by atoms with E-state index in [0.29, 0.717) is 5.92 Å². The Morgan fingerprint density at radius 2 is 1.67 bits per heavy atom. The van der Waals surface area contributed by atoms with Gasteiger partial charge < -0.3 is 20.0 Å². The average molecular weight is 416 g/mol. The monoisotopic (exact) mass is 415 g/mol. The van der Waals surface area contributed by atoms with Crippen molar-refractivity contribution < 1.29 is 9.59 Å². The van der Waals surface area contributed by atoms with Gasteiger partial charge in [0.1, 0.15) is 0 Å². The average Bonchev–Trinajstić information content (AvgIpc) is 2.79. The van der Waals surface area contributed by atoms with Crippen molar-refractivity contribution in [2.75, 3.05) is 64.7 Å². The SMILES string of the molecule is CCN1CCN(C(=O)[C@@H](C)N(C)CC2CCN(C(=O)Nc3ccccc3)CC2)CC1. The highest BCUT2D eigenvalue weighted by Crippen LogP contribution is 2.20. The normalized spacial score (nSPS) is 19.7. The van der Waals surface area contributed by atoms with Crippen molar-refractivity contribution in [3.63, 3.8) is 0 Å². The van der Waals surface area contributed by atoms with Crippen molar-refractivity contribution in [1.29, 1.82) is 0 Å². The molecule has 2 saturated heterocycles. The topological polar surface area (TPSA) is 59.1 Å². The maximum absolute atomic E-state index is 12.9. The first-order chi connectivity index (χ1) is 14.5. The lowest BCUT2D eigenvalue weighted by Crippen LogP contribution is -2.54. The molecule has 0 saturated carbocycles. The van der Waals surface area contributed by atoms with Gasteiger partial charge in [0.15, 0.2) is 0 Å². The Kier molecular flexibility index (Phi) is 8.10. The summed E-state index contributed by atoms with van der Waals surface area (Å²) in [4.78, 5) is 33.9. The Morgan fingerprint density at radius 1 is 1.03 bits per heavy atom. The number of para-hydroxylation sites is 1. The molecule has 30 heavy (non-hydrogen) atoms. The number of likely N-dealkylation sites (tertiary alicyclic amines) is 1. The molecule has 2 fully saturated rings. The Hall–Kier alpha value is -2.12. The van der Waals surface area contributed by atoms with Crippen LogP contribution in [-0.2, 0) is 4.79 Å². The summed E-state index contributed by atoms with van der Waals surface area (Å²) in [6.45, 7) is 11.3. The largest absolute Gasteiger partial charge is 0.339 e. The van der Waals surface area contributed by atoms with Crippen molar-refractivity contribution in [3.8, 4) is 0 Å². The second-order valence-electron chi connectivity index (χ2n) is 8.60. The standard InChI is InChI=1S/C23H37N5O2/c1-4-26-14-16-27(17-15-26)22(29)19(2)25(3)18-20-10-12-28(13-11-20)23(30)24-21-8-6-5-7-9-21/h5-9,19-20H,4,10-18H2,1-3H3,(H,24,30)/t19-/m1/s1. The number of piperidine rings is 1. The van der Waals surface area contributed by atoms with Crippen molar-refractivity contribution >= 4 is 17.6 Å². The maximum atomic E-state index is 12.9. The van der Waals surface area contributed by atoms with Gasteiger partial charge in [0.05, 0.1) is 6.04 Å². The number of rotatable bonds is 6. The van der Waals surface area contributed by atoms with E-state index in [2.05, 4.69) is 29.1 Å². The van der Waals surface area contributed by atoms with Gasteiger partial charge in [0.25, 0.3) is 0 Å². The first-order valence-corrected chi connectivity index (χ1v) is 11.3. The van der Waals surface area contributed by atoms with Gasteiger partial charge in [-0.3, -0.25) is 9.69 Å². The van der Waals surface area contributed by atoms with Gasteiger partial charge >= 0.3 is 6.03 Å². The Labute approximate surface area is 181 Å². The van der Waals surface area contributed by atoms with E-state index in [1.807, 2.05) is 47.1 Å². The fraction of sp³-hybridized carbons (Fsp3) is 0.652. The lowest BCUT2D eigenvalue weighted by Gasteiger charge is -2.38. The fourth-order valence-electron chi connectivity index (χ4n) is 4.35. The highest BCUT2D eigenvalue weighted by molar-refractivity contribution is 5.89. The first-order valence-electron chi connectivity index (χ1n) is 11.3. The predicted molar refractivity (Wildman–Crippen MR) is 121 cm³/mol. The van der Waals surface area contributed by atoms with Gasteiger partial charge in [-0.1, -0.05) is 25.1 Å². The molecule has 166 valence electrons. The number of nitrogens with zero attached hydrogens (tertiary/aromatic N) is 4. The summed E-state index contributed by atoms with van der Waals surface area (Å²) in [6, 6.07) is 9.46. The van der Waals surface area contributed by atoms with E-state index in [4.69, 9.17) is 0 Å².